The van der Waals surface area contributed by atoms with E-state index in [9.17, 15) is 15.0 Å². The first kappa shape index (κ1) is 16.5. The van der Waals surface area contributed by atoms with Crippen LogP contribution in [0.2, 0.25) is 0 Å². The summed E-state index contributed by atoms with van der Waals surface area (Å²) in [6.07, 6.45) is 4.46. The van der Waals surface area contributed by atoms with Crippen molar-refractivity contribution in [3.8, 4) is 0 Å². The number of allylic oxidation sites excluding steroid dienone is 2. The molecule has 0 amide bonds. The topological polar surface area (TPSA) is 66.8 Å². The molecule has 2 N–H and O–H groups in total. The lowest BCUT2D eigenvalue weighted by atomic mass is 9.93. The average Bonchev–Trinajstić information content (AvgIpc) is 2.47. The van der Waals surface area contributed by atoms with Crippen molar-refractivity contribution in [2.45, 2.75) is 38.9 Å². The van der Waals surface area contributed by atoms with Gasteiger partial charge in [-0.2, -0.15) is 0 Å². The summed E-state index contributed by atoms with van der Waals surface area (Å²) >= 11 is 0. The Kier molecular flexibility index (Phi) is 5.16. The first-order valence-electron chi connectivity index (χ1n) is 7.54. The number of benzene rings is 1. The molecule has 1 aliphatic carbocycles. The monoisotopic (exact) mass is 302 g/mol. The lowest BCUT2D eigenvalue weighted by Gasteiger charge is -2.27. The minimum atomic E-state index is -1.57. The van der Waals surface area contributed by atoms with Crippen LogP contribution in [-0.2, 0) is 9.53 Å². The number of carbonyl (C=O) groups is 1. The molecule has 0 bridgehead atoms. The third-order valence-corrected chi connectivity index (χ3v) is 3.65. The highest BCUT2D eigenvalue weighted by atomic mass is 16.6. The smallest absolute Gasteiger partial charge is 0.192 e. The molecule has 1 aliphatic rings. The number of ketones is 1. The maximum atomic E-state index is 12.2. The largest absolute Gasteiger partial charge is 0.507 e. The van der Waals surface area contributed by atoms with Gasteiger partial charge in [-0.1, -0.05) is 43.2 Å². The van der Waals surface area contributed by atoms with Gasteiger partial charge < -0.3 is 14.9 Å². The maximum Gasteiger partial charge on any atom is 0.192 e. The van der Waals surface area contributed by atoms with Crippen LogP contribution in [0.1, 0.15) is 37.3 Å². The van der Waals surface area contributed by atoms with Crippen molar-refractivity contribution in [3.05, 3.63) is 53.1 Å². The molecule has 0 radical (unpaired) electrons. The molecule has 0 saturated heterocycles. The Hall–Kier alpha value is -1.91. The molecule has 2 rings (SSSR count). The highest BCUT2D eigenvalue weighted by Crippen LogP contribution is 2.28. The molecular weight excluding hydrogens is 280 g/mol. The molecule has 0 saturated carbocycles. The van der Waals surface area contributed by atoms with E-state index in [4.69, 9.17) is 4.74 Å². The van der Waals surface area contributed by atoms with E-state index in [-0.39, 0.29) is 23.5 Å². The van der Waals surface area contributed by atoms with Crippen LogP contribution in [0.25, 0.3) is 5.76 Å². The molecule has 22 heavy (non-hydrogen) atoms. The van der Waals surface area contributed by atoms with Gasteiger partial charge in [0.15, 0.2) is 11.6 Å². The second-order valence-electron chi connectivity index (χ2n) is 5.61. The molecule has 1 aromatic carbocycles. The molecule has 1 aromatic rings. The number of ether oxygens (including phenoxy) is 1. The van der Waals surface area contributed by atoms with Crippen molar-refractivity contribution in [1.29, 1.82) is 0 Å². The van der Waals surface area contributed by atoms with Crippen LogP contribution in [0.3, 0.4) is 0 Å². The van der Waals surface area contributed by atoms with Crippen molar-refractivity contribution in [2.24, 2.45) is 0 Å². The molecule has 0 heterocycles. The van der Waals surface area contributed by atoms with Crippen LogP contribution in [0.5, 0.6) is 0 Å². The Morgan fingerprint density at radius 2 is 2.00 bits per heavy atom. The van der Waals surface area contributed by atoms with Crippen LogP contribution in [-0.4, -0.2) is 28.4 Å². The summed E-state index contributed by atoms with van der Waals surface area (Å²) in [4.78, 5) is 12.2. The first-order chi connectivity index (χ1) is 10.4. The summed E-state index contributed by atoms with van der Waals surface area (Å²) in [5.74, 6) is -1.97. The Morgan fingerprint density at radius 3 is 2.59 bits per heavy atom. The molecule has 1 atom stereocenters. The van der Waals surface area contributed by atoms with E-state index in [1.807, 2.05) is 26.0 Å². The van der Waals surface area contributed by atoms with Gasteiger partial charge in [-0.05, 0) is 25.5 Å². The average molecular weight is 302 g/mol. The van der Waals surface area contributed by atoms with Gasteiger partial charge in [0.1, 0.15) is 5.76 Å². The van der Waals surface area contributed by atoms with Gasteiger partial charge in [0.2, 0.25) is 0 Å². The summed E-state index contributed by atoms with van der Waals surface area (Å²) in [7, 11) is 0. The number of hydrogen-bond donors (Lipinski definition) is 2. The predicted octanol–water partition coefficient (Wildman–Crippen LogP) is 3.30. The van der Waals surface area contributed by atoms with Crippen molar-refractivity contribution in [3.63, 3.8) is 0 Å². The van der Waals surface area contributed by atoms with Crippen molar-refractivity contribution >= 4 is 11.5 Å². The Labute approximate surface area is 130 Å². The molecule has 4 heteroatoms. The summed E-state index contributed by atoms with van der Waals surface area (Å²) in [5, 5.41) is 20.5. The van der Waals surface area contributed by atoms with Crippen LogP contribution in [0.4, 0.5) is 0 Å². The fraction of sp³-hybridized carbons (Fsp3) is 0.389. The number of hydrogen-bond acceptors (Lipinski definition) is 4. The van der Waals surface area contributed by atoms with Crippen molar-refractivity contribution < 1.29 is 19.7 Å². The zero-order valence-corrected chi connectivity index (χ0v) is 13.0. The van der Waals surface area contributed by atoms with Crippen LogP contribution in [0.15, 0.2) is 42.0 Å². The SMILES string of the molecule is CCCCOC1(O)C=CC(=C(O)c2ccc(C)cc2)C(=O)C1. The first-order valence-corrected chi connectivity index (χ1v) is 7.54. The van der Waals surface area contributed by atoms with Gasteiger partial charge in [-0.15, -0.1) is 0 Å². The molecule has 0 aliphatic heterocycles. The molecule has 4 nitrogen and oxygen atoms in total. The molecular formula is C18H22O4. The normalized spacial score (nSPS) is 23.7. The van der Waals surface area contributed by atoms with Gasteiger partial charge in [0.05, 0.1) is 18.6 Å². The van der Waals surface area contributed by atoms with E-state index in [2.05, 4.69) is 0 Å². The zero-order valence-electron chi connectivity index (χ0n) is 13.0. The summed E-state index contributed by atoms with van der Waals surface area (Å²) in [6, 6.07) is 7.26. The molecule has 0 fully saturated rings. The number of Topliss-reactive ketones (excluding diaryl/α,β-unsaturated/α-hetero) is 1. The predicted molar refractivity (Wildman–Crippen MR) is 85.3 cm³/mol. The van der Waals surface area contributed by atoms with E-state index in [1.54, 1.807) is 12.1 Å². The highest BCUT2D eigenvalue weighted by Gasteiger charge is 2.34. The number of carbonyl (C=O) groups excluding carboxylic acids is 1. The zero-order chi connectivity index (χ0) is 16.2. The fourth-order valence-corrected chi connectivity index (χ4v) is 2.26. The number of aliphatic hydroxyl groups is 2. The second-order valence-corrected chi connectivity index (χ2v) is 5.61. The number of aryl methyl sites for hydroxylation is 1. The Balaban J connectivity index is 2.21. The van der Waals surface area contributed by atoms with Crippen LogP contribution < -0.4 is 0 Å². The van der Waals surface area contributed by atoms with Gasteiger partial charge in [0, 0.05) is 5.56 Å². The standard InChI is InChI=1S/C18H22O4/c1-3-4-11-22-18(21)10-9-15(16(19)12-18)17(20)14-7-5-13(2)6-8-14/h5-10,20-21H,3-4,11-12H2,1-2H3. The fourth-order valence-electron chi connectivity index (χ4n) is 2.26. The summed E-state index contributed by atoms with van der Waals surface area (Å²) in [5.41, 5.74) is 1.86. The van der Waals surface area contributed by atoms with E-state index in [1.165, 1.54) is 12.2 Å². The highest BCUT2D eigenvalue weighted by molar-refractivity contribution is 6.05. The minimum absolute atomic E-state index is 0.0724. The lowest BCUT2D eigenvalue weighted by Crippen LogP contribution is -2.36. The van der Waals surface area contributed by atoms with E-state index in [0.717, 1.165) is 18.4 Å². The van der Waals surface area contributed by atoms with E-state index in [0.29, 0.717) is 12.2 Å². The third kappa shape index (κ3) is 3.84. The van der Waals surface area contributed by atoms with E-state index < -0.39 is 5.79 Å². The molecule has 0 aromatic heterocycles. The lowest BCUT2D eigenvalue weighted by molar-refractivity contribution is -0.175. The van der Waals surface area contributed by atoms with E-state index >= 15 is 0 Å². The molecule has 1 unspecified atom stereocenters. The Morgan fingerprint density at radius 1 is 1.32 bits per heavy atom. The van der Waals surface area contributed by atoms with Gasteiger partial charge >= 0.3 is 0 Å². The van der Waals surface area contributed by atoms with Gasteiger partial charge in [-0.3, -0.25) is 4.79 Å². The van der Waals surface area contributed by atoms with Gasteiger partial charge in [-0.25, -0.2) is 0 Å². The summed E-state index contributed by atoms with van der Waals surface area (Å²) in [6.45, 7) is 4.37. The number of aliphatic hydroxyl groups excluding tert-OH is 1. The number of unbranched alkanes of at least 4 members (excludes halogenated alkanes) is 1. The molecule has 0 spiro atoms. The van der Waals surface area contributed by atoms with Crippen LogP contribution in [0, 0.1) is 6.92 Å². The second kappa shape index (κ2) is 6.90. The molecule has 118 valence electrons. The quantitative estimate of drug-likeness (QED) is 0.379. The third-order valence-electron chi connectivity index (χ3n) is 3.65. The number of rotatable bonds is 5. The van der Waals surface area contributed by atoms with Crippen molar-refractivity contribution in [1.82, 2.24) is 0 Å². The Bertz CT molecular complexity index is 598. The van der Waals surface area contributed by atoms with Gasteiger partial charge in [0.25, 0.3) is 0 Å². The maximum absolute atomic E-state index is 12.2. The van der Waals surface area contributed by atoms with Crippen molar-refractivity contribution in [2.75, 3.05) is 6.61 Å². The van der Waals surface area contributed by atoms with Crippen LogP contribution >= 0.6 is 0 Å². The summed E-state index contributed by atoms with van der Waals surface area (Å²) < 4.78 is 5.37. The minimum Gasteiger partial charge on any atom is -0.507 e.